The van der Waals surface area contributed by atoms with E-state index in [1.165, 1.54) is 25.9 Å². The topological polar surface area (TPSA) is 61.5 Å². The van der Waals surface area contributed by atoms with Gasteiger partial charge in [0.15, 0.2) is 0 Å². The molecule has 2 aromatic carbocycles. The Hall–Kier alpha value is -3.16. The molecule has 2 saturated heterocycles. The molecule has 7 heteroatoms. The van der Waals surface area contributed by atoms with Crippen molar-refractivity contribution in [3.05, 3.63) is 59.1 Å². The van der Waals surface area contributed by atoms with Crippen molar-refractivity contribution in [1.82, 2.24) is 19.0 Å². The Kier molecular flexibility index (Phi) is 6.04. The van der Waals surface area contributed by atoms with Crippen LogP contribution in [0.5, 0.6) is 5.75 Å². The minimum Gasteiger partial charge on any atom is -0.492 e. The van der Waals surface area contributed by atoms with E-state index >= 15 is 0 Å². The van der Waals surface area contributed by atoms with Crippen LogP contribution in [0.25, 0.3) is 33.1 Å². The van der Waals surface area contributed by atoms with E-state index in [2.05, 4.69) is 34.1 Å². The molecule has 2 aliphatic heterocycles. The molecule has 0 saturated carbocycles. The van der Waals surface area contributed by atoms with Crippen LogP contribution < -0.4 is 10.4 Å². The Balaban J connectivity index is 1.32. The molecule has 35 heavy (non-hydrogen) atoms. The second kappa shape index (κ2) is 9.47. The lowest BCUT2D eigenvalue weighted by molar-refractivity contribution is 0.0593. The van der Waals surface area contributed by atoms with Gasteiger partial charge in [-0.1, -0.05) is 18.2 Å². The summed E-state index contributed by atoms with van der Waals surface area (Å²) >= 11 is 0. The quantitative estimate of drug-likeness (QED) is 0.417. The van der Waals surface area contributed by atoms with E-state index in [4.69, 9.17) is 9.47 Å². The molecule has 2 aromatic heterocycles. The number of aromatic nitrogens is 3. The SMILES string of the molecule is Cn1c(=O)n([C@@H]2CCCOC2)c2c3cc(-c4ccc(OCCN5CCCC5)cc4)ccc3ncc21. The van der Waals surface area contributed by atoms with Gasteiger partial charge in [-0.25, -0.2) is 4.79 Å². The molecule has 4 aromatic rings. The number of hydrogen-bond donors (Lipinski definition) is 0. The predicted molar refractivity (Wildman–Crippen MR) is 138 cm³/mol. The van der Waals surface area contributed by atoms with Crippen LogP contribution in [0.3, 0.4) is 0 Å². The van der Waals surface area contributed by atoms with Crippen LogP contribution in [0.15, 0.2) is 53.5 Å². The predicted octanol–water partition coefficient (Wildman–Crippen LogP) is 4.38. The summed E-state index contributed by atoms with van der Waals surface area (Å²) in [5, 5.41) is 0.995. The van der Waals surface area contributed by atoms with Crippen LogP contribution in [-0.2, 0) is 11.8 Å². The highest BCUT2D eigenvalue weighted by molar-refractivity contribution is 6.04. The second-order valence-electron chi connectivity index (χ2n) is 9.73. The first-order valence-electron chi connectivity index (χ1n) is 12.7. The number of nitrogens with zero attached hydrogens (tertiary/aromatic N) is 4. The van der Waals surface area contributed by atoms with Crippen molar-refractivity contribution in [2.24, 2.45) is 7.05 Å². The fraction of sp³-hybridized carbons (Fsp3) is 0.429. The van der Waals surface area contributed by atoms with Gasteiger partial charge in [0.2, 0.25) is 0 Å². The molecule has 0 spiro atoms. The van der Waals surface area contributed by atoms with Crippen molar-refractivity contribution in [3.8, 4) is 16.9 Å². The third kappa shape index (κ3) is 4.23. The summed E-state index contributed by atoms with van der Waals surface area (Å²) in [6, 6.07) is 14.6. The summed E-state index contributed by atoms with van der Waals surface area (Å²) in [6.07, 6.45) is 6.33. The van der Waals surface area contributed by atoms with Gasteiger partial charge in [0, 0.05) is 25.6 Å². The summed E-state index contributed by atoms with van der Waals surface area (Å²) in [7, 11) is 1.82. The number of ether oxygens (including phenoxy) is 2. The molecular weight excluding hydrogens is 440 g/mol. The molecule has 182 valence electrons. The minimum atomic E-state index is -0.00867. The number of imidazole rings is 1. The van der Waals surface area contributed by atoms with Gasteiger partial charge in [-0.05, 0) is 74.2 Å². The van der Waals surface area contributed by atoms with Crippen molar-refractivity contribution >= 4 is 21.9 Å². The highest BCUT2D eigenvalue weighted by atomic mass is 16.5. The van der Waals surface area contributed by atoms with E-state index < -0.39 is 0 Å². The van der Waals surface area contributed by atoms with Crippen LogP contribution in [0.2, 0.25) is 0 Å². The molecule has 1 atom stereocenters. The average molecular weight is 473 g/mol. The summed E-state index contributed by atoms with van der Waals surface area (Å²) in [4.78, 5) is 20.3. The highest BCUT2D eigenvalue weighted by Gasteiger charge is 2.23. The number of aryl methyl sites for hydroxylation is 1. The number of pyridine rings is 1. The molecular formula is C28H32N4O3. The van der Waals surface area contributed by atoms with Crippen LogP contribution in [0.4, 0.5) is 0 Å². The second-order valence-corrected chi connectivity index (χ2v) is 9.73. The summed E-state index contributed by atoms with van der Waals surface area (Å²) in [6.45, 7) is 5.42. The minimum absolute atomic E-state index is 0.00867. The maximum atomic E-state index is 13.2. The Morgan fingerprint density at radius 1 is 1.06 bits per heavy atom. The van der Waals surface area contributed by atoms with E-state index in [1.54, 1.807) is 4.57 Å². The van der Waals surface area contributed by atoms with Gasteiger partial charge >= 0.3 is 5.69 Å². The molecule has 0 radical (unpaired) electrons. The number of rotatable bonds is 6. The first-order valence-corrected chi connectivity index (χ1v) is 12.7. The van der Waals surface area contributed by atoms with E-state index in [0.717, 1.165) is 71.4 Å². The van der Waals surface area contributed by atoms with E-state index in [0.29, 0.717) is 6.61 Å². The van der Waals surface area contributed by atoms with Crippen LogP contribution in [-0.4, -0.2) is 58.5 Å². The van der Waals surface area contributed by atoms with Gasteiger partial charge in [0.25, 0.3) is 0 Å². The summed E-state index contributed by atoms with van der Waals surface area (Å²) in [5.74, 6) is 0.895. The number of hydrogen-bond acceptors (Lipinski definition) is 5. The largest absolute Gasteiger partial charge is 0.492 e. The zero-order valence-corrected chi connectivity index (χ0v) is 20.3. The van der Waals surface area contributed by atoms with Crippen molar-refractivity contribution in [3.63, 3.8) is 0 Å². The molecule has 2 fully saturated rings. The number of likely N-dealkylation sites (tertiary alicyclic amines) is 1. The van der Waals surface area contributed by atoms with Crippen LogP contribution in [0.1, 0.15) is 31.7 Å². The lowest BCUT2D eigenvalue weighted by Crippen LogP contribution is -2.31. The van der Waals surface area contributed by atoms with Gasteiger partial charge in [-0.2, -0.15) is 0 Å². The molecule has 0 amide bonds. The third-order valence-electron chi connectivity index (χ3n) is 7.48. The Morgan fingerprint density at radius 2 is 1.86 bits per heavy atom. The molecule has 2 aliphatic rings. The number of fused-ring (bicyclic) bond motifs is 3. The van der Waals surface area contributed by atoms with Gasteiger partial charge < -0.3 is 9.47 Å². The lowest BCUT2D eigenvalue weighted by Gasteiger charge is -2.23. The van der Waals surface area contributed by atoms with Gasteiger partial charge in [0.1, 0.15) is 12.4 Å². The fourth-order valence-corrected chi connectivity index (χ4v) is 5.52. The summed E-state index contributed by atoms with van der Waals surface area (Å²) in [5.41, 5.74) is 4.89. The monoisotopic (exact) mass is 472 g/mol. The van der Waals surface area contributed by atoms with Crippen molar-refractivity contribution < 1.29 is 9.47 Å². The van der Waals surface area contributed by atoms with Gasteiger partial charge in [0.05, 0.1) is 35.4 Å². The fourth-order valence-electron chi connectivity index (χ4n) is 5.52. The highest BCUT2D eigenvalue weighted by Crippen LogP contribution is 2.32. The maximum Gasteiger partial charge on any atom is 0.329 e. The normalized spacial score (nSPS) is 19.1. The average Bonchev–Trinajstić information content (AvgIpc) is 3.51. The van der Waals surface area contributed by atoms with Crippen LogP contribution in [0, 0.1) is 0 Å². The van der Waals surface area contributed by atoms with Gasteiger partial charge in [-0.15, -0.1) is 0 Å². The number of benzene rings is 2. The van der Waals surface area contributed by atoms with E-state index in [-0.39, 0.29) is 11.7 Å². The van der Waals surface area contributed by atoms with E-state index in [9.17, 15) is 4.79 Å². The van der Waals surface area contributed by atoms with Gasteiger partial charge in [-0.3, -0.25) is 19.0 Å². The Bertz CT molecular complexity index is 1390. The molecule has 0 unspecified atom stereocenters. The standard InChI is InChI=1S/C28H32N4O3/c1-30-26-18-29-25-11-8-21(17-24(25)27(26)32(28(30)33)22-5-4-15-34-19-22)20-6-9-23(10-7-20)35-16-14-31-12-2-3-13-31/h6-11,17-18,22H,2-5,12-16,19H2,1H3/t22-/m1/s1. The van der Waals surface area contributed by atoms with Crippen molar-refractivity contribution in [1.29, 1.82) is 0 Å². The lowest BCUT2D eigenvalue weighted by atomic mass is 10.0. The first-order chi connectivity index (χ1) is 17.2. The first kappa shape index (κ1) is 22.3. The third-order valence-corrected chi connectivity index (χ3v) is 7.48. The zero-order chi connectivity index (χ0) is 23.8. The molecule has 6 rings (SSSR count). The summed E-state index contributed by atoms with van der Waals surface area (Å²) < 4.78 is 15.3. The van der Waals surface area contributed by atoms with Crippen molar-refractivity contribution in [2.75, 3.05) is 39.5 Å². The Labute approximate surface area is 204 Å². The van der Waals surface area contributed by atoms with E-state index in [1.807, 2.05) is 36.0 Å². The van der Waals surface area contributed by atoms with Crippen molar-refractivity contribution in [2.45, 2.75) is 31.7 Å². The smallest absolute Gasteiger partial charge is 0.329 e. The maximum absolute atomic E-state index is 13.2. The molecule has 4 heterocycles. The molecule has 7 nitrogen and oxygen atoms in total. The van der Waals surface area contributed by atoms with Crippen LogP contribution >= 0.6 is 0 Å². The Morgan fingerprint density at radius 3 is 2.63 bits per heavy atom. The molecule has 0 N–H and O–H groups in total. The molecule has 0 aliphatic carbocycles. The molecule has 0 bridgehead atoms. The zero-order valence-electron chi connectivity index (χ0n) is 20.3.